The van der Waals surface area contributed by atoms with E-state index in [0.717, 1.165) is 27.3 Å². The van der Waals surface area contributed by atoms with E-state index >= 15 is 0 Å². The van der Waals surface area contributed by atoms with Gasteiger partial charge in [-0.25, -0.2) is 0 Å². The summed E-state index contributed by atoms with van der Waals surface area (Å²) in [5.41, 5.74) is 2.98. The van der Waals surface area contributed by atoms with Crippen molar-refractivity contribution < 1.29 is 4.79 Å². The number of hydrogen-bond donors (Lipinski definition) is 2. The Bertz CT molecular complexity index is 611. The van der Waals surface area contributed by atoms with E-state index in [0.29, 0.717) is 0 Å². The number of carbonyl (C=O) groups excluding carboxylic acids is 1. The van der Waals surface area contributed by atoms with Gasteiger partial charge < -0.3 is 10.3 Å². The van der Waals surface area contributed by atoms with Crippen LogP contribution in [0.5, 0.6) is 0 Å². The highest BCUT2D eigenvalue weighted by Gasteiger charge is 2.07. The molecule has 0 bridgehead atoms. The van der Waals surface area contributed by atoms with Gasteiger partial charge in [0.15, 0.2) is 3.95 Å². The zero-order chi connectivity index (χ0) is 13.1. The molecular weight excluding hydrogens is 264 g/mol. The molecule has 0 spiro atoms. The molecule has 0 aliphatic heterocycles. The van der Waals surface area contributed by atoms with E-state index in [1.54, 1.807) is 11.3 Å². The largest absolute Gasteiger partial charge is 0.337 e. The highest BCUT2D eigenvalue weighted by Crippen LogP contribution is 2.27. The first kappa shape index (κ1) is 13.0. The summed E-state index contributed by atoms with van der Waals surface area (Å²) in [7, 11) is 0. The number of H-pyrrole nitrogens is 1. The summed E-state index contributed by atoms with van der Waals surface area (Å²) in [5, 5.41) is 2.75. The van der Waals surface area contributed by atoms with Gasteiger partial charge in [-0.05, 0) is 36.3 Å². The van der Waals surface area contributed by atoms with Crippen LogP contribution in [0.2, 0.25) is 0 Å². The average molecular weight is 278 g/mol. The lowest BCUT2D eigenvalue weighted by atomic mass is 10.1. The third kappa shape index (κ3) is 2.86. The SMILES string of the molecule is CCc1sc(=S)[nH]c1-c1ccc(NC(C)=O)cc1. The lowest BCUT2D eigenvalue weighted by molar-refractivity contribution is -0.114. The Labute approximate surface area is 115 Å². The van der Waals surface area contributed by atoms with Crippen LogP contribution < -0.4 is 5.32 Å². The molecule has 2 N–H and O–H groups in total. The summed E-state index contributed by atoms with van der Waals surface area (Å²) in [4.78, 5) is 15.4. The van der Waals surface area contributed by atoms with Crippen LogP contribution >= 0.6 is 23.6 Å². The number of aryl methyl sites for hydroxylation is 1. The number of rotatable bonds is 3. The molecule has 1 heterocycles. The predicted molar refractivity (Wildman–Crippen MR) is 78.6 cm³/mol. The van der Waals surface area contributed by atoms with Crippen LogP contribution in [0.3, 0.4) is 0 Å². The fourth-order valence-corrected chi connectivity index (χ4v) is 2.96. The van der Waals surface area contributed by atoms with Crippen molar-refractivity contribution in [3.63, 3.8) is 0 Å². The van der Waals surface area contributed by atoms with Crippen LogP contribution in [0.4, 0.5) is 5.69 Å². The summed E-state index contributed by atoms with van der Waals surface area (Å²) >= 11 is 6.79. The average Bonchev–Trinajstić information content (AvgIpc) is 2.71. The monoisotopic (exact) mass is 278 g/mol. The number of hydrogen-bond acceptors (Lipinski definition) is 3. The van der Waals surface area contributed by atoms with E-state index in [4.69, 9.17) is 12.2 Å². The molecule has 5 heteroatoms. The van der Waals surface area contributed by atoms with Crippen LogP contribution in [0, 0.1) is 3.95 Å². The second-order valence-electron chi connectivity index (χ2n) is 3.92. The number of carbonyl (C=O) groups is 1. The van der Waals surface area contributed by atoms with E-state index in [1.165, 1.54) is 11.8 Å². The number of thiazole rings is 1. The maximum atomic E-state index is 10.9. The summed E-state index contributed by atoms with van der Waals surface area (Å²) < 4.78 is 0.799. The molecule has 0 atom stereocenters. The fraction of sp³-hybridized carbons (Fsp3) is 0.231. The van der Waals surface area contributed by atoms with E-state index < -0.39 is 0 Å². The van der Waals surface area contributed by atoms with E-state index in [-0.39, 0.29) is 5.91 Å². The molecule has 2 rings (SSSR count). The lowest BCUT2D eigenvalue weighted by Crippen LogP contribution is -2.05. The number of amides is 1. The van der Waals surface area contributed by atoms with Crippen molar-refractivity contribution in [1.82, 2.24) is 4.98 Å². The third-order valence-electron chi connectivity index (χ3n) is 2.54. The molecule has 1 amide bonds. The van der Waals surface area contributed by atoms with Crippen molar-refractivity contribution in [2.75, 3.05) is 5.32 Å². The van der Waals surface area contributed by atoms with Gasteiger partial charge in [-0.1, -0.05) is 19.1 Å². The number of aromatic nitrogens is 1. The quantitative estimate of drug-likeness (QED) is 0.834. The molecule has 3 nitrogen and oxygen atoms in total. The van der Waals surface area contributed by atoms with Crippen LogP contribution in [0.15, 0.2) is 24.3 Å². The molecule has 0 aliphatic rings. The Balaban J connectivity index is 2.33. The van der Waals surface area contributed by atoms with E-state index in [9.17, 15) is 4.79 Å². The van der Waals surface area contributed by atoms with Gasteiger partial charge in [0.2, 0.25) is 5.91 Å². The first-order chi connectivity index (χ1) is 8.60. The second-order valence-corrected chi connectivity index (χ2v) is 5.70. The minimum Gasteiger partial charge on any atom is -0.337 e. The molecule has 2 aromatic rings. The third-order valence-corrected chi connectivity index (χ3v) is 3.92. The Morgan fingerprint density at radius 3 is 2.61 bits per heavy atom. The highest BCUT2D eigenvalue weighted by atomic mass is 32.1. The van der Waals surface area contributed by atoms with Crippen LogP contribution in [0.1, 0.15) is 18.7 Å². The number of nitrogens with one attached hydrogen (secondary N) is 2. The van der Waals surface area contributed by atoms with Gasteiger partial charge in [-0.3, -0.25) is 4.79 Å². The summed E-state index contributed by atoms with van der Waals surface area (Å²) in [6, 6.07) is 7.75. The highest BCUT2D eigenvalue weighted by molar-refractivity contribution is 7.73. The number of anilines is 1. The molecule has 1 aromatic heterocycles. The Kier molecular flexibility index (Phi) is 3.93. The predicted octanol–water partition coefficient (Wildman–Crippen LogP) is 3.99. The normalized spacial score (nSPS) is 10.3. The van der Waals surface area contributed by atoms with Gasteiger partial charge >= 0.3 is 0 Å². The van der Waals surface area contributed by atoms with Crippen molar-refractivity contribution in [3.8, 4) is 11.3 Å². The topological polar surface area (TPSA) is 44.9 Å². The van der Waals surface area contributed by atoms with E-state index in [1.807, 2.05) is 24.3 Å². The van der Waals surface area contributed by atoms with Crippen molar-refractivity contribution in [3.05, 3.63) is 33.1 Å². The van der Waals surface area contributed by atoms with Crippen LogP contribution in [-0.2, 0) is 11.2 Å². The minimum atomic E-state index is -0.0630. The Morgan fingerprint density at radius 2 is 2.06 bits per heavy atom. The van der Waals surface area contributed by atoms with Crippen molar-refractivity contribution in [2.45, 2.75) is 20.3 Å². The minimum absolute atomic E-state index is 0.0630. The first-order valence-electron chi connectivity index (χ1n) is 5.70. The Hall–Kier alpha value is -1.46. The summed E-state index contributed by atoms with van der Waals surface area (Å²) in [6.45, 7) is 3.61. The molecule has 1 aromatic carbocycles. The van der Waals surface area contributed by atoms with Gasteiger partial charge in [0, 0.05) is 17.5 Å². The van der Waals surface area contributed by atoms with Crippen molar-refractivity contribution >= 4 is 35.1 Å². The molecule has 18 heavy (non-hydrogen) atoms. The maximum Gasteiger partial charge on any atom is 0.221 e. The summed E-state index contributed by atoms with van der Waals surface area (Å²) in [6.07, 6.45) is 0.959. The fourth-order valence-electron chi connectivity index (χ4n) is 1.77. The Morgan fingerprint density at radius 1 is 1.39 bits per heavy atom. The zero-order valence-electron chi connectivity index (χ0n) is 10.2. The smallest absolute Gasteiger partial charge is 0.221 e. The van der Waals surface area contributed by atoms with Crippen LogP contribution in [0.25, 0.3) is 11.3 Å². The molecule has 0 saturated heterocycles. The van der Waals surface area contributed by atoms with Gasteiger partial charge in [-0.2, -0.15) is 0 Å². The van der Waals surface area contributed by atoms with Gasteiger partial charge in [0.05, 0.1) is 5.69 Å². The second kappa shape index (κ2) is 5.46. The van der Waals surface area contributed by atoms with Crippen LogP contribution in [-0.4, -0.2) is 10.9 Å². The molecule has 0 radical (unpaired) electrons. The van der Waals surface area contributed by atoms with Crippen molar-refractivity contribution in [1.29, 1.82) is 0 Å². The number of aromatic amines is 1. The maximum absolute atomic E-state index is 10.9. The standard InChI is InChI=1S/C13H14N2OS2/c1-3-11-12(15-13(17)18-11)9-4-6-10(7-5-9)14-8(2)16/h4-7H,3H2,1-2H3,(H,14,16)(H,15,17). The zero-order valence-corrected chi connectivity index (χ0v) is 11.9. The molecular formula is C13H14N2OS2. The molecule has 0 unspecified atom stereocenters. The molecule has 0 aliphatic carbocycles. The van der Waals surface area contributed by atoms with Crippen molar-refractivity contribution in [2.24, 2.45) is 0 Å². The lowest BCUT2D eigenvalue weighted by Gasteiger charge is -2.04. The van der Waals surface area contributed by atoms with E-state index in [2.05, 4.69) is 17.2 Å². The summed E-state index contributed by atoms with van der Waals surface area (Å²) in [5.74, 6) is -0.0630. The number of benzene rings is 1. The molecule has 94 valence electrons. The van der Waals surface area contributed by atoms with Gasteiger partial charge in [0.25, 0.3) is 0 Å². The van der Waals surface area contributed by atoms with Gasteiger partial charge in [0.1, 0.15) is 0 Å². The van der Waals surface area contributed by atoms with Gasteiger partial charge in [-0.15, -0.1) is 11.3 Å². The first-order valence-corrected chi connectivity index (χ1v) is 6.92. The molecule has 0 saturated carbocycles. The molecule has 0 fully saturated rings.